The van der Waals surface area contributed by atoms with Crippen molar-refractivity contribution in [2.24, 2.45) is 0 Å². The lowest BCUT2D eigenvalue weighted by Crippen LogP contribution is -2.54. The van der Waals surface area contributed by atoms with E-state index in [9.17, 15) is 19.5 Å². The highest BCUT2D eigenvalue weighted by atomic mass is 32.2. The van der Waals surface area contributed by atoms with E-state index in [1.807, 2.05) is 6.07 Å². The number of carboxylic acids is 1. The van der Waals surface area contributed by atoms with Crippen LogP contribution in [0.5, 0.6) is 0 Å². The molecule has 2 N–H and O–H groups in total. The van der Waals surface area contributed by atoms with Crippen molar-refractivity contribution in [3.05, 3.63) is 35.9 Å². The average Bonchev–Trinajstić information content (AvgIpc) is 2.95. The zero-order chi connectivity index (χ0) is 15.3. The number of amides is 1. The number of Topliss-reactive ketones (excluding diaryl/α,β-unsaturated/α-hetero) is 1. The second-order valence-electron chi connectivity index (χ2n) is 5.03. The molecule has 5 nitrogen and oxygen atoms in total. The van der Waals surface area contributed by atoms with E-state index < -0.39 is 11.5 Å². The summed E-state index contributed by atoms with van der Waals surface area (Å²) >= 11 is 1.51. The number of hydrogen-bond donors (Lipinski definition) is 2. The van der Waals surface area contributed by atoms with Gasteiger partial charge in [-0.2, -0.15) is 11.8 Å². The Hall–Kier alpha value is -1.82. The number of thioether (sulfide) groups is 1. The molecule has 1 saturated heterocycles. The summed E-state index contributed by atoms with van der Waals surface area (Å²) in [4.78, 5) is 35.1. The van der Waals surface area contributed by atoms with Crippen molar-refractivity contribution < 1.29 is 19.5 Å². The smallest absolute Gasteiger partial charge is 0.330 e. The van der Waals surface area contributed by atoms with Crippen LogP contribution in [0.4, 0.5) is 0 Å². The molecule has 0 radical (unpaired) electrons. The van der Waals surface area contributed by atoms with Gasteiger partial charge in [-0.05, 0) is 12.2 Å². The van der Waals surface area contributed by atoms with Crippen molar-refractivity contribution in [3.63, 3.8) is 0 Å². The van der Waals surface area contributed by atoms with Crippen LogP contribution in [-0.4, -0.2) is 39.8 Å². The number of ketones is 1. The molecule has 1 fully saturated rings. The first-order valence-electron chi connectivity index (χ1n) is 6.74. The van der Waals surface area contributed by atoms with Crippen molar-refractivity contribution in [1.82, 2.24) is 5.32 Å². The molecular formula is C15H17NO4S. The fourth-order valence-corrected chi connectivity index (χ4v) is 3.54. The van der Waals surface area contributed by atoms with Crippen molar-refractivity contribution in [1.29, 1.82) is 0 Å². The third kappa shape index (κ3) is 3.85. The number of carbonyl (C=O) groups is 3. The minimum Gasteiger partial charge on any atom is -0.479 e. The molecule has 1 amide bonds. The lowest BCUT2D eigenvalue weighted by Gasteiger charge is -2.24. The van der Waals surface area contributed by atoms with Gasteiger partial charge in [0, 0.05) is 24.2 Å². The molecule has 1 unspecified atom stereocenters. The number of hydrogen-bond acceptors (Lipinski definition) is 4. The van der Waals surface area contributed by atoms with E-state index in [0.29, 0.717) is 17.7 Å². The molecule has 0 bridgehead atoms. The maximum atomic E-state index is 11.9. The van der Waals surface area contributed by atoms with E-state index in [1.165, 1.54) is 11.8 Å². The Morgan fingerprint density at radius 2 is 1.90 bits per heavy atom. The van der Waals surface area contributed by atoms with Gasteiger partial charge in [-0.3, -0.25) is 9.59 Å². The van der Waals surface area contributed by atoms with Crippen molar-refractivity contribution in [2.45, 2.75) is 24.8 Å². The number of carbonyl (C=O) groups excluding carboxylic acids is 2. The number of aliphatic carboxylic acids is 1. The number of benzene rings is 1. The molecule has 0 spiro atoms. The molecule has 2 rings (SSSR count). The Kier molecular flexibility index (Phi) is 5.01. The van der Waals surface area contributed by atoms with E-state index in [0.717, 1.165) is 5.75 Å². The lowest BCUT2D eigenvalue weighted by atomic mass is 9.98. The summed E-state index contributed by atoms with van der Waals surface area (Å²) in [6.45, 7) is 0. The number of rotatable bonds is 6. The van der Waals surface area contributed by atoms with Crippen LogP contribution in [0.2, 0.25) is 0 Å². The van der Waals surface area contributed by atoms with Crippen LogP contribution in [0.3, 0.4) is 0 Å². The standard InChI is InChI=1S/C15H17NO4S/c17-12(11-4-2-1-3-5-11)6-7-13(18)16-15(14(19)20)8-9-21-10-15/h1-5H,6-10H2,(H,16,18)(H,19,20). The summed E-state index contributed by atoms with van der Waals surface area (Å²) in [5, 5.41) is 11.9. The van der Waals surface area contributed by atoms with Gasteiger partial charge in [-0.15, -0.1) is 0 Å². The largest absolute Gasteiger partial charge is 0.479 e. The van der Waals surface area contributed by atoms with E-state index in [1.54, 1.807) is 24.3 Å². The normalized spacial score (nSPS) is 21.0. The predicted octanol–water partition coefficient (Wildman–Crippen LogP) is 1.73. The van der Waals surface area contributed by atoms with Gasteiger partial charge in [0.25, 0.3) is 0 Å². The highest BCUT2D eigenvalue weighted by Crippen LogP contribution is 2.28. The maximum Gasteiger partial charge on any atom is 0.330 e. The van der Waals surface area contributed by atoms with Gasteiger partial charge in [-0.25, -0.2) is 4.79 Å². The summed E-state index contributed by atoms with van der Waals surface area (Å²) in [7, 11) is 0. The van der Waals surface area contributed by atoms with Crippen LogP contribution in [0.1, 0.15) is 29.6 Å². The van der Waals surface area contributed by atoms with Gasteiger partial charge in [0.2, 0.25) is 5.91 Å². The fourth-order valence-electron chi connectivity index (χ4n) is 2.21. The van der Waals surface area contributed by atoms with E-state index >= 15 is 0 Å². The Balaban J connectivity index is 1.87. The van der Waals surface area contributed by atoms with Crippen LogP contribution < -0.4 is 5.32 Å². The van der Waals surface area contributed by atoms with Gasteiger partial charge < -0.3 is 10.4 Å². The lowest BCUT2D eigenvalue weighted by molar-refractivity contribution is -0.146. The molecule has 1 atom stereocenters. The van der Waals surface area contributed by atoms with Crippen molar-refractivity contribution >= 4 is 29.4 Å². The molecule has 1 aromatic carbocycles. The zero-order valence-electron chi connectivity index (χ0n) is 11.5. The van der Waals surface area contributed by atoms with Gasteiger partial charge in [-0.1, -0.05) is 30.3 Å². The summed E-state index contributed by atoms with van der Waals surface area (Å²) in [6.07, 6.45) is 0.511. The second kappa shape index (κ2) is 6.76. The molecule has 1 heterocycles. The van der Waals surface area contributed by atoms with Gasteiger partial charge in [0.1, 0.15) is 5.54 Å². The van der Waals surface area contributed by atoms with E-state index in [2.05, 4.69) is 5.32 Å². The summed E-state index contributed by atoms with van der Waals surface area (Å²) < 4.78 is 0. The molecule has 1 aliphatic heterocycles. The first kappa shape index (κ1) is 15.6. The molecule has 112 valence electrons. The van der Waals surface area contributed by atoms with Crippen LogP contribution in [-0.2, 0) is 9.59 Å². The number of nitrogens with one attached hydrogen (secondary N) is 1. The van der Waals surface area contributed by atoms with Crippen LogP contribution in [0.15, 0.2) is 30.3 Å². The van der Waals surface area contributed by atoms with Crippen LogP contribution in [0, 0.1) is 0 Å². The zero-order valence-corrected chi connectivity index (χ0v) is 12.3. The molecule has 0 saturated carbocycles. The molecule has 6 heteroatoms. The minimum absolute atomic E-state index is 0.00737. The predicted molar refractivity (Wildman–Crippen MR) is 80.5 cm³/mol. The molecular weight excluding hydrogens is 290 g/mol. The quantitative estimate of drug-likeness (QED) is 0.782. The Bertz CT molecular complexity index is 538. The van der Waals surface area contributed by atoms with E-state index in [4.69, 9.17) is 0 Å². The first-order chi connectivity index (χ1) is 10.0. The number of carboxylic acid groups (broad SMARTS) is 1. The molecule has 0 aromatic heterocycles. The average molecular weight is 307 g/mol. The highest BCUT2D eigenvalue weighted by molar-refractivity contribution is 7.99. The maximum absolute atomic E-state index is 11.9. The minimum atomic E-state index is -1.17. The molecule has 0 aliphatic carbocycles. The monoisotopic (exact) mass is 307 g/mol. The SMILES string of the molecule is O=C(CCC(=O)c1ccccc1)NC1(C(=O)O)CCSC1. The Labute approximate surface area is 127 Å². The second-order valence-corrected chi connectivity index (χ2v) is 6.13. The topological polar surface area (TPSA) is 83.5 Å². The first-order valence-corrected chi connectivity index (χ1v) is 7.89. The fraction of sp³-hybridized carbons (Fsp3) is 0.400. The van der Waals surface area contributed by atoms with Crippen LogP contribution in [0.25, 0.3) is 0 Å². The highest BCUT2D eigenvalue weighted by Gasteiger charge is 2.43. The molecule has 1 aromatic rings. The van der Waals surface area contributed by atoms with Crippen LogP contribution >= 0.6 is 11.8 Å². The molecule has 21 heavy (non-hydrogen) atoms. The summed E-state index contributed by atoms with van der Waals surface area (Å²) in [5.41, 5.74) is -0.605. The van der Waals surface area contributed by atoms with Gasteiger partial charge >= 0.3 is 5.97 Å². The Morgan fingerprint density at radius 1 is 1.19 bits per heavy atom. The third-order valence-electron chi connectivity index (χ3n) is 3.48. The van der Waals surface area contributed by atoms with Crippen molar-refractivity contribution in [2.75, 3.05) is 11.5 Å². The summed E-state index contributed by atoms with van der Waals surface area (Å²) in [5.74, 6) is -0.411. The molecule has 1 aliphatic rings. The summed E-state index contributed by atoms with van der Waals surface area (Å²) in [6, 6.07) is 8.75. The van der Waals surface area contributed by atoms with Gasteiger partial charge in [0.15, 0.2) is 5.78 Å². The van der Waals surface area contributed by atoms with Gasteiger partial charge in [0.05, 0.1) is 0 Å². The third-order valence-corrected chi connectivity index (χ3v) is 4.67. The van der Waals surface area contributed by atoms with E-state index in [-0.39, 0.29) is 24.5 Å². The van der Waals surface area contributed by atoms with Crippen molar-refractivity contribution in [3.8, 4) is 0 Å². The Morgan fingerprint density at radius 3 is 2.48 bits per heavy atom.